The van der Waals surface area contributed by atoms with Crippen LogP contribution in [0.25, 0.3) is 33.1 Å². The second kappa shape index (κ2) is 4.64. The first-order valence-corrected chi connectivity index (χ1v) is 7.35. The van der Waals surface area contributed by atoms with Gasteiger partial charge in [-0.2, -0.15) is 0 Å². The van der Waals surface area contributed by atoms with Gasteiger partial charge in [-0.15, -0.1) is 12.6 Å². The molecule has 0 unspecified atom stereocenters. The molecule has 2 aromatic carbocycles. The maximum Gasteiger partial charge on any atom is 0.0705 e. The Bertz CT molecular complexity index is 969. The summed E-state index contributed by atoms with van der Waals surface area (Å²) >= 11 is 4.71. The molecule has 0 saturated heterocycles. The molecule has 0 amide bonds. The van der Waals surface area contributed by atoms with E-state index >= 15 is 0 Å². The minimum Gasteiger partial charge on any atom is -0.354 e. The van der Waals surface area contributed by atoms with Crippen LogP contribution in [0.1, 0.15) is 5.69 Å². The molecule has 0 aliphatic heterocycles. The number of rotatable bonds is 1. The zero-order valence-corrected chi connectivity index (χ0v) is 12.5. The Hall–Kier alpha value is -2.26. The molecular weight excluding hydrogens is 276 g/mol. The number of nitrogens with zero attached hydrogens (tertiary/aromatic N) is 1. The largest absolute Gasteiger partial charge is 0.354 e. The van der Waals surface area contributed by atoms with Crippen molar-refractivity contribution in [3.63, 3.8) is 0 Å². The van der Waals surface area contributed by atoms with E-state index in [2.05, 4.69) is 29.2 Å². The van der Waals surface area contributed by atoms with Crippen LogP contribution in [0.15, 0.2) is 59.5 Å². The van der Waals surface area contributed by atoms with E-state index in [0.717, 1.165) is 43.7 Å². The van der Waals surface area contributed by atoms with Gasteiger partial charge in [-0.05, 0) is 25.1 Å². The molecule has 0 saturated carbocycles. The Kier molecular flexibility index (Phi) is 2.76. The lowest BCUT2D eigenvalue weighted by molar-refractivity contribution is 1.23. The highest BCUT2D eigenvalue weighted by atomic mass is 32.1. The molecule has 3 heteroatoms. The number of para-hydroxylation sites is 2. The Balaban J connectivity index is 2.03. The minimum atomic E-state index is 0.978. The SMILES string of the molecule is Cc1nc2ccccc2cc1-c1[nH]c2ccccc2c1S. The summed E-state index contributed by atoms with van der Waals surface area (Å²) < 4.78 is 0. The monoisotopic (exact) mass is 290 g/mol. The van der Waals surface area contributed by atoms with Crippen LogP contribution in [-0.4, -0.2) is 9.97 Å². The average Bonchev–Trinajstić information content (AvgIpc) is 2.84. The van der Waals surface area contributed by atoms with Gasteiger partial charge in [0.05, 0.1) is 11.2 Å². The maximum absolute atomic E-state index is 4.71. The molecule has 0 radical (unpaired) electrons. The summed E-state index contributed by atoms with van der Waals surface area (Å²) in [5.41, 5.74) is 5.28. The van der Waals surface area contributed by atoms with Crippen LogP contribution < -0.4 is 0 Å². The van der Waals surface area contributed by atoms with Gasteiger partial charge in [-0.3, -0.25) is 4.98 Å². The lowest BCUT2D eigenvalue weighted by Gasteiger charge is -2.07. The molecule has 1 N–H and O–H groups in total. The molecule has 4 rings (SSSR count). The van der Waals surface area contributed by atoms with Gasteiger partial charge >= 0.3 is 0 Å². The van der Waals surface area contributed by atoms with Crippen molar-refractivity contribution in [2.75, 3.05) is 0 Å². The first-order valence-electron chi connectivity index (χ1n) is 6.90. The van der Waals surface area contributed by atoms with E-state index in [1.54, 1.807) is 0 Å². The summed E-state index contributed by atoms with van der Waals surface area (Å²) in [6, 6.07) is 18.6. The number of aromatic nitrogens is 2. The predicted molar refractivity (Wildman–Crippen MR) is 91.0 cm³/mol. The van der Waals surface area contributed by atoms with E-state index in [1.165, 1.54) is 0 Å². The maximum atomic E-state index is 4.71. The molecule has 0 spiro atoms. The first kappa shape index (κ1) is 12.5. The third-order valence-electron chi connectivity index (χ3n) is 3.86. The predicted octanol–water partition coefficient (Wildman–Crippen LogP) is 4.98. The van der Waals surface area contributed by atoms with Crippen molar-refractivity contribution in [2.24, 2.45) is 0 Å². The van der Waals surface area contributed by atoms with Gasteiger partial charge in [0.1, 0.15) is 0 Å². The molecule has 102 valence electrons. The van der Waals surface area contributed by atoms with E-state index in [-0.39, 0.29) is 0 Å². The molecule has 2 heterocycles. The lowest BCUT2D eigenvalue weighted by Crippen LogP contribution is -1.90. The number of benzene rings is 2. The van der Waals surface area contributed by atoms with Crippen molar-refractivity contribution in [3.05, 3.63) is 60.3 Å². The molecule has 2 aromatic heterocycles. The van der Waals surface area contributed by atoms with Crippen LogP contribution >= 0.6 is 12.6 Å². The summed E-state index contributed by atoms with van der Waals surface area (Å²) in [6.07, 6.45) is 0. The number of thiol groups is 1. The summed E-state index contributed by atoms with van der Waals surface area (Å²) in [5.74, 6) is 0. The molecule has 0 aliphatic rings. The average molecular weight is 290 g/mol. The molecular formula is C18H14N2S. The van der Waals surface area contributed by atoms with Crippen molar-refractivity contribution >= 4 is 34.4 Å². The molecule has 0 fully saturated rings. The number of aryl methyl sites for hydroxylation is 1. The fraction of sp³-hybridized carbons (Fsp3) is 0.0556. The molecule has 4 aromatic rings. The Labute approximate surface area is 128 Å². The number of hydrogen-bond donors (Lipinski definition) is 2. The van der Waals surface area contributed by atoms with E-state index in [9.17, 15) is 0 Å². The summed E-state index contributed by atoms with van der Waals surface area (Å²) in [4.78, 5) is 9.16. The van der Waals surface area contributed by atoms with Gasteiger partial charge in [0.25, 0.3) is 0 Å². The lowest BCUT2D eigenvalue weighted by atomic mass is 10.1. The number of nitrogens with one attached hydrogen (secondary N) is 1. The number of H-pyrrole nitrogens is 1. The van der Waals surface area contributed by atoms with Gasteiger partial charge < -0.3 is 4.98 Å². The van der Waals surface area contributed by atoms with E-state index < -0.39 is 0 Å². The molecule has 2 nitrogen and oxygen atoms in total. The Morgan fingerprint density at radius 3 is 2.62 bits per heavy atom. The molecule has 0 aliphatic carbocycles. The smallest absolute Gasteiger partial charge is 0.0705 e. The summed E-state index contributed by atoms with van der Waals surface area (Å²) in [5, 5.41) is 2.29. The summed E-state index contributed by atoms with van der Waals surface area (Å²) in [7, 11) is 0. The van der Waals surface area contributed by atoms with Crippen LogP contribution in [-0.2, 0) is 0 Å². The van der Waals surface area contributed by atoms with Crippen LogP contribution in [0.4, 0.5) is 0 Å². The van der Waals surface area contributed by atoms with E-state index in [1.807, 2.05) is 37.3 Å². The highest BCUT2D eigenvalue weighted by molar-refractivity contribution is 7.80. The van der Waals surface area contributed by atoms with E-state index in [0.29, 0.717) is 0 Å². The van der Waals surface area contributed by atoms with Crippen molar-refractivity contribution in [1.82, 2.24) is 9.97 Å². The fourth-order valence-corrected chi connectivity index (χ4v) is 3.16. The number of pyridine rings is 1. The van der Waals surface area contributed by atoms with Crippen molar-refractivity contribution < 1.29 is 0 Å². The molecule has 0 bridgehead atoms. The summed E-state index contributed by atoms with van der Waals surface area (Å²) in [6.45, 7) is 2.04. The highest BCUT2D eigenvalue weighted by Gasteiger charge is 2.13. The van der Waals surface area contributed by atoms with Crippen LogP contribution in [0.3, 0.4) is 0 Å². The number of aromatic amines is 1. The van der Waals surface area contributed by atoms with Gasteiger partial charge in [0.15, 0.2) is 0 Å². The highest BCUT2D eigenvalue weighted by Crippen LogP contribution is 2.35. The Morgan fingerprint density at radius 2 is 1.76 bits per heavy atom. The second-order valence-corrected chi connectivity index (χ2v) is 5.66. The number of hydrogen-bond acceptors (Lipinski definition) is 2. The second-order valence-electron chi connectivity index (χ2n) is 5.21. The van der Waals surface area contributed by atoms with Gasteiger partial charge in [-0.25, -0.2) is 0 Å². The Morgan fingerprint density at radius 1 is 1.00 bits per heavy atom. The van der Waals surface area contributed by atoms with Gasteiger partial charge in [0.2, 0.25) is 0 Å². The zero-order valence-electron chi connectivity index (χ0n) is 11.6. The van der Waals surface area contributed by atoms with Crippen LogP contribution in [0.2, 0.25) is 0 Å². The van der Waals surface area contributed by atoms with Crippen molar-refractivity contribution in [2.45, 2.75) is 11.8 Å². The molecule has 0 atom stereocenters. The van der Waals surface area contributed by atoms with Gasteiger partial charge in [0, 0.05) is 32.4 Å². The zero-order chi connectivity index (χ0) is 14.4. The quantitative estimate of drug-likeness (QED) is 0.475. The fourth-order valence-electron chi connectivity index (χ4n) is 2.79. The number of fused-ring (bicyclic) bond motifs is 2. The van der Waals surface area contributed by atoms with Gasteiger partial charge in [-0.1, -0.05) is 36.4 Å². The van der Waals surface area contributed by atoms with Crippen LogP contribution in [0, 0.1) is 6.92 Å². The topological polar surface area (TPSA) is 28.7 Å². The van der Waals surface area contributed by atoms with E-state index in [4.69, 9.17) is 17.6 Å². The minimum absolute atomic E-state index is 0.978. The van der Waals surface area contributed by atoms with Crippen LogP contribution in [0.5, 0.6) is 0 Å². The third kappa shape index (κ3) is 1.93. The standard InChI is InChI=1S/C18H14N2S/c1-11-14(10-12-6-2-4-8-15(12)19-11)17-18(21)13-7-3-5-9-16(13)20-17/h2-10,20-21H,1H3. The van der Waals surface area contributed by atoms with Crippen molar-refractivity contribution in [1.29, 1.82) is 0 Å². The molecule has 21 heavy (non-hydrogen) atoms. The normalized spacial score (nSPS) is 11.3. The van der Waals surface area contributed by atoms with Crippen molar-refractivity contribution in [3.8, 4) is 11.3 Å². The third-order valence-corrected chi connectivity index (χ3v) is 4.33. The first-order chi connectivity index (χ1) is 10.2.